The number of ether oxygens (including phenoxy) is 9. The SMILES string of the molecule is CC(CCC(=O)O)(c1ccc(O)cc1)c1ccc(O)cc1.COCCOCCO.COCCOCCOC(=O)CCC(C)(c1ccc(OC)cc1)c1ccc(Oc2ccc(S(=O)(=O)c3ccc(C)cc3)cc2)cc1.COc1ccc(C(C)(CCC(=O)O)c2ccc(Oc3ccc(S(=O)(=O)c4ccc(C)cc4)cc3)cc2)cc1.O=S(=O)(c1ccc(F)cc1)c1ccc(F)cc1. The second-order valence-electron chi connectivity index (χ2n) is 30.2. The number of rotatable bonds is 38. The lowest BCUT2D eigenvalue weighted by atomic mass is 9.73. The molecule has 12 aromatic rings. The summed E-state index contributed by atoms with van der Waals surface area (Å²) >= 11 is 0. The summed E-state index contributed by atoms with van der Waals surface area (Å²) < 4.78 is 149. The summed E-state index contributed by atoms with van der Waals surface area (Å²) in [5.74, 6) is 1.000. The molecule has 0 saturated carbocycles. The fourth-order valence-electron chi connectivity index (χ4n) is 13.3. The Labute approximate surface area is 752 Å². The van der Waals surface area contributed by atoms with Crippen molar-refractivity contribution in [2.45, 2.75) is 119 Å². The van der Waals surface area contributed by atoms with Crippen LogP contribution in [0.15, 0.2) is 321 Å². The number of phenols is 2. The molecule has 5 N–H and O–H groups in total. The number of benzene rings is 12. The lowest BCUT2D eigenvalue weighted by molar-refractivity contribution is -0.145. The molecule has 0 aliphatic rings. The highest BCUT2D eigenvalue weighted by Crippen LogP contribution is 2.42. The molecule has 28 heteroatoms. The zero-order valence-corrected chi connectivity index (χ0v) is 75.6. The average molecular weight is 1820 g/mol. The molecule has 12 rings (SSSR count). The summed E-state index contributed by atoms with van der Waals surface area (Å²) in [6.07, 6.45) is 1.65. The first-order chi connectivity index (χ1) is 61.6. The first kappa shape index (κ1) is 102. The Balaban J connectivity index is 0.000000218. The van der Waals surface area contributed by atoms with E-state index in [1.165, 1.54) is 36.4 Å². The van der Waals surface area contributed by atoms with Crippen LogP contribution in [0.4, 0.5) is 8.78 Å². The molecule has 0 heterocycles. The van der Waals surface area contributed by atoms with Gasteiger partial charge in [-0.25, -0.2) is 34.0 Å². The minimum Gasteiger partial charge on any atom is -0.508 e. The topological polar surface area (TPSA) is 338 Å². The van der Waals surface area contributed by atoms with Crippen molar-refractivity contribution < 1.29 is 117 Å². The molecule has 0 radical (unpaired) electrons. The molecular weight excluding hydrogens is 1720 g/mol. The normalized spacial score (nSPS) is 12.2. The van der Waals surface area contributed by atoms with Gasteiger partial charge in [0.2, 0.25) is 29.5 Å². The molecule has 129 heavy (non-hydrogen) atoms. The number of aryl methyl sites for hydroxylation is 2. The molecule has 0 bridgehead atoms. The van der Waals surface area contributed by atoms with E-state index >= 15 is 0 Å². The number of methoxy groups -OCH3 is 4. The lowest BCUT2D eigenvalue weighted by Gasteiger charge is -2.31. The zero-order valence-electron chi connectivity index (χ0n) is 73.2. The quantitative estimate of drug-likeness (QED) is 0.0136. The predicted octanol–water partition coefficient (Wildman–Crippen LogP) is 19.4. The number of aromatic hydroxyl groups is 2. The first-order valence-electron chi connectivity index (χ1n) is 41.0. The molecule has 682 valence electrons. The molecule has 0 amide bonds. The van der Waals surface area contributed by atoms with E-state index in [2.05, 4.69) is 11.7 Å². The van der Waals surface area contributed by atoms with E-state index in [4.69, 9.17) is 48.1 Å². The largest absolute Gasteiger partial charge is 0.508 e. The van der Waals surface area contributed by atoms with Gasteiger partial charge in [0, 0.05) is 49.7 Å². The van der Waals surface area contributed by atoms with Gasteiger partial charge in [-0.1, -0.05) is 129 Å². The Morgan fingerprint density at radius 1 is 0.310 bits per heavy atom. The molecule has 0 spiro atoms. The number of halogens is 2. The summed E-state index contributed by atoms with van der Waals surface area (Å²) in [5, 5.41) is 45.3. The molecular formula is C101H108F2O23S3. The van der Waals surface area contributed by atoms with Crippen LogP contribution in [0.3, 0.4) is 0 Å². The van der Waals surface area contributed by atoms with Crippen LogP contribution in [0.1, 0.15) is 104 Å². The van der Waals surface area contributed by atoms with Gasteiger partial charge in [0.15, 0.2) is 0 Å². The smallest absolute Gasteiger partial charge is 0.305 e. The van der Waals surface area contributed by atoms with E-state index in [-0.39, 0.29) is 79.3 Å². The number of aliphatic hydroxyl groups excluding tert-OH is 1. The van der Waals surface area contributed by atoms with Crippen LogP contribution < -0.4 is 18.9 Å². The number of carbonyl (C=O) groups is 3. The highest BCUT2D eigenvalue weighted by atomic mass is 32.2. The predicted molar refractivity (Wildman–Crippen MR) is 485 cm³/mol. The van der Waals surface area contributed by atoms with Crippen LogP contribution in [0.25, 0.3) is 0 Å². The Morgan fingerprint density at radius 3 is 0.806 bits per heavy atom. The number of phenolic OH excluding ortho intramolecular Hbond substituents is 2. The fraction of sp³-hybridized carbons (Fsp3) is 0.257. The summed E-state index contributed by atoms with van der Waals surface area (Å²) in [5.41, 5.74) is 6.25. The molecule has 0 aliphatic heterocycles. The number of aliphatic carboxylic acids is 2. The van der Waals surface area contributed by atoms with Crippen LogP contribution in [0, 0.1) is 25.5 Å². The maximum absolute atomic E-state index is 13.0. The fourth-order valence-corrected chi connectivity index (χ4v) is 17.1. The van der Waals surface area contributed by atoms with Crippen molar-refractivity contribution in [1.29, 1.82) is 0 Å². The van der Waals surface area contributed by atoms with Gasteiger partial charge in [0.25, 0.3) is 0 Å². The van der Waals surface area contributed by atoms with Gasteiger partial charge >= 0.3 is 17.9 Å². The van der Waals surface area contributed by atoms with Gasteiger partial charge in [-0.05, 0) is 261 Å². The van der Waals surface area contributed by atoms with Crippen molar-refractivity contribution in [2.75, 3.05) is 81.3 Å². The average Bonchev–Trinajstić information content (AvgIpc) is 0.797. The van der Waals surface area contributed by atoms with Crippen molar-refractivity contribution in [1.82, 2.24) is 0 Å². The summed E-state index contributed by atoms with van der Waals surface area (Å²) in [7, 11) is -4.50. The molecule has 0 fully saturated rings. The van der Waals surface area contributed by atoms with Gasteiger partial charge in [-0.2, -0.15) is 0 Å². The number of esters is 1. The van der Waals surface area contributed by atoms with E-state index < -0.39 is 69.3 Å². The molecule has 2 atom stereocenters. The summed E-state index contributed by atoms with van der Waals surface area (Å²) in [4.78, 5) is 35.7. The highest BCUT2D eigenvalue weighted by molar-refractivity contribution is 7.92. The third-order valence-electron chi connectivity index (χ3n) is 21.2. The van der Waals surface area contributed by atoms with E-state index in [0.717, 1.165) is 80.3 Å². The standard InChI is InChI=1S/C36H40O8S.C31H30O6S.C17H18O4.C12H8F2O2S.C5H12O3/c1-27-5-17-33(18-6-27)45(38,39)34-19-15-32(16-20-34)44-31-13-9-29(10-14-31)36(2,28-7-11-30(41-4)12-8-28)22-21-35(37)43-26-25-42-24-23-40-3;1-22-4-16-28(17-5-22)38(34,35)29-18-14-27(15-19-29)37-26-12-8-24(9-13-26)31(2,21-20-30(32)33)23-6-10-25(36-3)11-7-23;1-17(11-10-16(20)21,12-2-6-14(18)7-3-12)13-4-8-15(19)9-5-13;13-9-1-5-11(6-2-9)17(15,16)12-7-3-10(14)4-8-12;1-7-4-5-8-3-2-6/h5-20H,21-26H2,1-4H3;4-19H,20-21H2,1-3H3,(H,32,33);2-9,18-19H,10-11H2,1H3,(H,20,21);1-8H;6H,2-5H2,1H3. The molecule has 2 unspecified atom stereocenters. The van der Waals surface area contributed by atoms with E-state index in [1.807, 2.05) is 125 Å². The number of sulfone groups is 3. The first-order valence-corrected chi connectivity index (χ1v) is 45.4. The van der Waals surface area contributed by atoms with Gasteiger partial charge in [0.05, 0.1) is 89.8 Å². The number of aliphatic hydroxyl groups is 1. The van der Waals surface area contributed by atoms with Crippen LogP contribution in [-0.4, -0.2) is 150 Å². The Hall–Kier alpha value is -12.6. The van der Waals surface area contributed by atoms with Crippen molar-refractivity contribution in [3.63, 3.8) is 0 Å². The molecule has 0 aliphatic carbocycles. The summed E-state index contributed by atoms with van der Waals surface area (Å²) in [6.45, 7) is 13.0. The van der Waals surface area contributed by atoms with Crippen LogP contribution >= 0.6 is 0 Å². The van der Waals surface area contributed by atoms with Gasteiger partial charge in [-0.15, -0.1) is 0 Å². The van der Waals surface area contributed by atoms with E-state index in [0.29, 0.717) is 81.9 Å². The van der Waals surface area contributed by atoms with Crippen molar-refractivity contribution in [3.05, 3.63) is 347 Å². The minimum atomic E-state index is -3.71. The summed E-state index contributed by atoms with van der Waals surface area (Å²) in [6, 6.07) is 79.4. The second kappa shape index (κ2) is 49.1. The molecule has 0 aromatic heterocycles. The number of hydrogen-bond donors (Lipinski definition) is 5. The Morgan fingerprint density at radius 2 is 0.543 bits per heavy atom. The Bertz CT molecular complexity index is 5740. The van der Waals surface area contributed by atoms with E-state index in [1.54, 1.807) is 162 Å². The number of carboxylic acids is 2. The van der Waals surface area contributed by atoms with Crippen molar-refractivity contribution in [3.8, 4) is 46.0 Å². The van der Waals surface area contributed by atoms with Crippen LogP contribution in [-0.2, 0) is 83.8 Å². The maximum atomic E-state index is 13.0. The second-order valence-corrected chi connectivity index (χ2v) is 36.1. The number of hydrogen-bond acceptors (Lipinski definition) is 21. The third kappa shape index (κ3) is 30.0. The minimum absolute atomic E-state index is 0.0227. The lowest BCUT2D eigenvalue weighted by Crippen LogP contribution is -2.25. The zero-order chi connectivity index (χ0) is 93.8. The maximum Gasteiger partial charge on any atom is 0.305 e. The number of carboxylic acid groups (broad SMARTS) is 2. The third-order valence-corrected chi connectivity index (χ3v) is 26.5. The Kier molecular flexibility index (Phi) is 38.7. The van der Waals surface area contributed by atoms with Crippen LogP contribution in [0.2, 0.25) is 0 Å². The van der Waals surface area contributed by atoms with Gasteiger partial charge < -0.3 is 68.2 Å². The highest BCUT2D eigenvalue weighted by Gasteiger charge is 2.34. The molecule has 12 aromatic carbocycles. The van der Waals surface area contributed by atoms with E-state index in [9.17, 15) is 63.7 Å². The van der Waals surface area contributed by atoms with Crippen molar-refractivity contribution >= 4 is 47.4 Å². The van der Waals surface area contributed by atoms with Gasteiger partial charge in [-0.3, -0.25) is 14.4 Å². The van der Waals surface area contributed by atoms with Crippen LogP contribution in [0.5, 0.6) is 46.0 Å². The van der Waals surface area contributed by atoms with Gasteiger partial charge in [0.1, 0.15) is 64.2 Å². The molecule has 0 saturated heterocycles. The van der Waals surface area contributed by atoms with Crippen molar-refractivity contribution in [2.24, 2.45) is 0 Å². The monoisotopic (exact) mass is 1820 g/mol. The molecule has 23 nitrogen and oxygen atoms in total. The number of carbonyl (C=O) groups excluding carboxylic acids is 1.